The van der Waals surface area contributed by atoms with Crippen molar-refractivity contribution in [2.24, 2.45) is 5.73 Å². The minimum Gasteiger partial charge on any atom is -0.329 e. The van der Waals surface area contributed by atoms with Crippen molar-refractivity contribution in [1.82, 2.24) is 9.97 Å². The molecular formula is C8H10F3N3OS. The number of thioether (sulfide) groups is 1. The lowest BCUT2D eigenvalue weighted by atomic mass is 10.4. The lowest BCUT2D eigenvalue weighted by Crippen LogP contribution is -2.33. The zero-order chi connectivity index (χ0) is 12.3. The number of nitrogens with two attached hydrogens (primary N) is 1. The molecule has 0 aliphatic rings. The van der Waals surface area contributed by atoms with Crippen molar-refractivity contribution in [1.29, 1.82) is 0 Å². The molecule has 0 aliphatic heterocycles. The Labute approximate surface area is 93.5 Å². The molecule has 0 saturated carbocycles. The second kappa shape index (κ2) is 4.88. The summed E-state index contributed by atoms with van der Waals surface area (Å²) in [6, 6.07) is 1.20. The lowest BCUT2D eigenvalue weighted by Gasteiger charge is -2.16. The molecule has 0 aliphatic carbocycles. The van der Waals surface area contributed by atoms with Crippen LogP contribution in [-0.2, 0) is 0 Å². The second-order valence-electron chi connectivity index (χ2n) is 3.08. The van der Waals surface area contributed by atoms with E-state index >= 15 is 0 Å². The molecule has 1 atom stereocenters. The molecule has 0 amide bonds. The summed E-state index contributed by atoms with van der Waals surface area (Å²) in [5.74, 6) is 0. The summed E-state index contributed by atoms with van der Waals surface area (Å²) in [6.07, 6.45) is -4.41. The predicted molar refractivity (Wildman–Crippen MR) is 54.3 cm³/mol. The normalized spacial score (nSPS) is 13.8. The number of hydrogen-bond acceptors (Lipinski definition) is 4. The van der Waals surface area contributed by atoms with E-state index in [2.05, 4.69) is 9.97 Å². The van der Waals surface area contributed by atoms with Crippen molar-refractivity contribution < 1.29 is 13.2 Å². The highest BCUT2D eigenvalue weighted by Crippen LogP contribution is 2.32. The van der Waals surface area contributed by atoms with Crippen LogP contribution in [0.5, 0.6) is 0 Å². The monoisotopic (exact) mass is 253 g/mol. The third-order valence-corrected chi connectivity index (χ3v) is 2.84. The molecule has 1 aromatic heterocycles. The molecule has 0 radical (unpaired) electrons. The first kappa shape index (κ1) is 13.0. The summed E-state index contributed by atoms with van der Waals surface area (Å²) >= 11 is 0.407. The molecule has 90 valence electrons. The fourth-order valence-electron chi connectivity index (χ4n) is 0.991. The van der Waals surface area contributed by atoms with Crippen LogP contribution in [0.3, 0.4) is 0 Å². The molecule has 1 rings (SSSR count). The highest BCUT2D eigenvalue weighted by molar-refractivity contribution is 7.99. The first-order valence-electron chi connectivity index (χ1n) is 4.34. The van der Waals surface area contributed by atoms with Gasteiger partial charge in [0.2, 0.25) is 0 Å². The Morgan fingerprint density at radius 1 is 1.62 bits per heavy atom. The first-order chi connectivity index (χ1) is 7.32. The molecule has 1 heterocycles. The standard InChI is InChI=1S/C8H10F3N3OS/c1-4-2-6(15)14-7(13-4)16-5(3-12)8(9,10)11/h2,5H,3,12H2,1H3,(H,13,14,15). The van der Waals surface area contributed by atoms with E-state index < -0.39 is 23.5 Å². The van der Waals surface area contributed by atoms with Crippen molar-refractivity contribution in [3.63, 3.8) is 0 Å². The number of nitrogens with zero attached hydrogens (tertiary/aromatic N) is 1. The van der Waals surface area contributed by atoms with E-state index in [4.69, 9.17) is 5.73 Å². The summed E-state index contributed by atoms with van der Waals surface area (Å²) in [5.41, 5.74) is 4.91. The number of nitrogens with one attached hydrogen (secondary N) is 1. The van der Waals surface area contributed by atoms with Crippen LogP contribution in [0.15, 0.2) is 16.0 Å². The molecule has 0 aromatic carbocycles. The van der Waals surface area contributed by atoms with Gasteiger partial charge in [-0.3, -0.25) is 4.79 Å². The van der Waals surface area contributed by atoms with Crippen LogP contribution in [0, 0.1) is 6.92 Å². The fourth-order valence-corrected chi connectivity index (χ4v) is 1.85. The van der Waals surface area contributed by atoms with Crippen molar-refractivity contribution in [3.05, 3.63) is 22.1 Å². The third-order valence-electron chi connectivity index (χ3n) is 1.68. The van der Waals surface area contributed by atoms with Gasteiger partial charge in [0.05, 0.1) is 0 Å². The Hall–Kier alpha value is -1.02. The average Bonchev–Trinajstić information content (AvgIpc) is 2.10. The van der Waals surface area contributed by atoms with Gasteiger partial charge in [0.15, 0.2) is 5.16 Å². The average molecular weight is 253 g/mol. The van der Waals surface area contributed by atoms with Gasteiger partial charge in [-0.25, -0.2) is 4.98 Å². The van der Waals surface area contributed by atoms with Gasteiger partial charge in [0.25, 0.3) is 5.56 Å². The molecular weight excluding hydrogens is 243 g/mol. The Balaban J connectivity index is 2.90. The maximum Gasteiger partial charge on any atom is 0.402 e. The van der Waals surface area contributed by atoms with Gasteiger partial charge in [-0.15, -0.1) is 0 Å². The van der Waals surface area contributed by atoms with Gasteiger partial charge < -0.3 is 10.7 Å². The van der Waals surface area contributed by atoms with Crippen molar-refractivity contribution in [2.45, 2.75) is 23.5 Å². The number of hydrogen-bond donors (Lipinski definition) is 2. The molecule has 1 aromatic rings. The van der Waals surface area contributed by atoms with Crippen molar-refractivity contribution in [3.8, 4) is 0 Å². The van der Waals surface area contributed by atoms with Crippen LogP contribution in [-0.4, -0.2) is 27.9 Å². The van der Waals surface area contributed by atoms with Gasteiger partial charge >= 0.3 is 6.18 Å². The number of rotatable bonds is 3. The number of alkyl halides is 3. The molecule has 4 nitrogen and oxygen atoms in total. The number of aromatic nitrogens is 2. The maximum absolute atomic E-state index is 12.4. The van der Waals surface area contributed by atoms with E-state index in [0.717, 1.165) is 0 Å². The third kappa shape index (κ3) is 3.53. The van der Waals surface area contributed by atoms with Gasteiger partial charge in [0, 0.05) is 18.3 Å². The number of halogens is 3. The highest BCUT2D eigenvalue weighted by atomic mass is 32.2. The topological polar surface area (TPSA) is 71.8 Å². The molecule has 0 spiro atoms. The van der Waals surface area contributed by atoms with E-state index in [1.54, 1.807) is 0 Å². The maximum atomic E-state index is 12.4. The Kier molecular flexibility index (Phi) is 3.98. The van der Waals surface area contributed by atoms with Crippen LogP contribution >= 0.6 is 11.8 Å². The largest absolute Gasteiger partial charge is 0.402 e. The van der Waals surface area contributed by atoms with Gasteiger partial charge in [-0.2, -0.15) is 13.2 Å². The summed E-state index contributed by atoms with van der Waals surface area (Å²) in [5, 5.41) is -1.84. The van der Waals surface area contributed by atoms with E-state index in [9.17, 15) is 18.0 Å². The number of aromatic amines is 1. The van der Waals surface area contributed by atoms with E-state index in [1.165, 1.54) is 13.0 Å². The van der Waals surface area contributed by atoms with Crippen molar-refractivity contribution in [2.75, 3.05) is 6.54 Å². The van der Waals surface area contributed by atoms with Gasteiger partial charge in [0.1, 0.15) is 5.25 Å². The van der Waals surface area contributed by atoms with E-state index in [-0.39, 0.29) is 5.16 Å². The molecule has 16 heavy (non-hydrogen) atoms. The zero-order valence-electron chi connectivity index (χ0n) is 8.34. The predicted octanol–water partition coefficient (Wildman–Crippen LogP) is 1.06. The van der Waals surface area contributed by atoms with Crippen LogP contribution in [0.2, 0.25) is 0 Å². The Morgan fingerprint density at radius 3 is 2.69 bits per heavy atom. The van der Waals surface area contributed by atoms with Crippen LogP contribution < -0.4 is 11.3 Å². The highest BCUT2D eigenvalue weighted by Gasteiger charge is 2.39. The zero-order valence-corrected chi connectivity index (χ0v) is 9.15. The molecule has 0 bridgehead atoms. The van der Waals surface area contributed by atoms with E-state index in [1.807, 2.05) is 0 Å². The molecule has 0 fully saturated rings. The van der Waals surface area contributed by atoms with Gasteiger partial charge in [-0.1, -0.05) is 11.8 Å². The van der Waals surface area contributed by atoms with E-state index in [0.29, 0.717) is 17.5 Å². The summed E-state index contributed by atoms with van der Waals surface area (Å²) in [7, 11) is 0. The summed E-state index contributed by atoms with van der Waals surface area (Å²) in [6.45, 7) is 0.968. The van der Waals surface area contributed by atoms with Crippen LogP contribution in [0.25, 0.3) is 0 Å². The summed E-state index contributed by atoms with van der Waals surface area (Å²) < 4.78 is 37.2. The SMILES string of the molecule is Cc1cc(=O)[nH]c(SC(CN)C(F)(F)F)n1. The number of H-pyrrole nitrogens is 1. The Morgan fingerprint density at radius 2 is 2.25 bits per heavy atom. The molecule has 3 N–H and O–H groups in total. The smallest absolute Gasteiger partial charge is 0.329 e. The number of aryl methyl sites for hydroxylation is 1. The molecule has 0 saturated heterocycles. The van der Waals surface area contributed by atoms with Crippen LogP contribution in [0.4, 0.5) is 13.2 Å². The summed E-state index contributed by atoms with van der Waals surface area (Å²) in [4.78, 5) is 17.0. The molecule has 1 unspecified atom stereocenters. The Bertz CT molecular complexity index is 418. The first-order valence-corrected chi connectivity index (χ1v) is 5.22. The quantitative estimate of drug-likeness (QED) is 0.624. The van der Waals surface area contributed by atoms with Crippen molar-refractivity contribution >= 4 is 11.8 Å². The fraction of sp³-hybridized carbons (Fsp3) is 0.500. The van der Waals surface area contributed by atoms with Gasteiger partial charge in [-0.05, 0) is 6.92 Å². The minimum atomic E-state index is -4.41. The second-order valence-corrected chi connectivity index (χ2v) is 4.27. The lowest BCUT2D eigenvalue weighted by molar-refractivity contribution is -0.126. The van der Waals surface area contributed by atoms with Crippen LogP contribution in [0.1, 0.15) is 5.69 Å². The minimum absolute atomic E-state index is 0.0715. The molecule has 8 heteroatoms.